The van der Waals surface area contributed by atoms with E-state index in [1.165, 1.54) is 11.1 Å². The highest BCUT2D eigenvalue weighted by Crippen LogP contribution is 2.43. The number of likely N-dealkylation sites (tertiary alicyclic amines) is 1. The largest absolute Gasteiger partial charge is 0.489 e. The minimum Gasteiger partial charge on any atom is -0.489 e. The van der Waals surface area contributed by atoms with Crippen LogP contribution in [0.1, 0.15) is 47.9 Å². The second-order valence-electron chi connectivity index (χ2n) is 10.5. The van der Waals surface area contributed by atoms with Crippen molar-refractivity contribution in [2.45, 2.75) is 38.2 Å². The predicted molar refractivity (Wildman–Crippen MR) is 165 cm³/mol. The van der Waals surface area contributed by atoms with Crippen molar-refractivity contribution in [1.82, 2.24) is 15.0 Å². The number of ether oxygens (including phenoxy) is 1. The predicted octanol–water partition coefficient (Wildman–Crippen LogP) is 8.81. The number of fused-ring (bicyclic) bond motifs is 1. The zero-order valence-electron chi connectivity index (χ0n) is 22.5. The van der Waals surface area contributed by atoms with E-state index >= 15 is 0 Å². The van der Waals surface area contributed by atoms with E-state index in [4.69, 9.17) is 44.7 Å². The van der Waals surface area contributed by atoms with Crippen LogP contribution in [0, 0.1) is 4.84 Å². The van der Waals surface area contributed by atoms with Crippen LogP contribution in [0.25, 0.3) is 22.5 Å². The Hall–Kier alpha value is -2.97. The van der Waals surface area contributed by atoms with Crippen molar-refractivity contribution in [3.63, 3.8) is 0 Å². The van der Waals surface area contributed by atoms with Gasteiger partial charge in [-0.25, -0.2) is 0 Å². The number of hydrogen-bond acceptors (Lipinski definition) is 5. The number of nitrogens with zero attached hydrogens (tertiary/aromatic N) is 2. The molecule has 0 spiro atoms. The fraction of sp³-hybridized carbons (Fsp3) is 0.312. The summed E-state index contributed by atoms with van der Waals surface area (Å²) in [5, 5.41) is 5.33. The van der Waals surface area contributed by atoms with E-state index in [9.17, 15) is 4.39 Å². The Balaban J connectivity index is 1.37. The van der Waals surface area contributed by atoms with Gasteiger partial charge in [-0.1, -0.05) is 58.7 Å². The van der Waals surface area contributed by atoms with E-state index in [-0.39, 0.29) is 17.6 Å². The molecule has 1 saturated heterocycles. The second kappa shape index (κ2) is 12.5. The number of aromatic amines is 1. The first-order valence-electron chi connectivity index (χ1n) is 13.9. The Kier molecular flexibility index (Phi) is 8.58. The molecule has 6 rings (SSSR count). The van der Waals surface area contributed by atoms with E-state index in [1.54, 1.807) is 6.07 Å². The molecule has 0 unspecified atom stereocenters. The molecule has 2 aliphatic rings. The molecule has 212 valence electrons. The maximum absolute atomic E-state index is 12.6. The van der Waals surface area contributed by atoms with Crippen molar-refractivity contribution in [2.24, 2.45) is 0 Å². The minimum absolute atomic E-state index is 0.115. The molecule has 0 radical (unpaired) electrons. The van der Waals surface area contributed by atoms with Crippen molar-refractivity contribution in [1.29, 1.82) is 0 Å². The van der Waals surface area contributed by atoms with Gasteiger partial charge in [0.25, 0.3) is 4.84 Å². The molecule has 2 heterocycles. The number of aryl methyl sites for hydroxylation is 1. The summed E-state index contributed by atoms with van der Waals surface area (Å²) in [5.41, 5.74) is 7.71. The Morgan fingerprint density at radius 2 is 1.83 bits per heavy atom. The summed E-state index contributed by atoms with van der Waals surface area (Å²) in [7, 11) is 0. The average Bonchev–Trinajstić information content (AvgIpc) is 3.56. The number of aromatic nitrogens is 2. The Morgan fingerprint density at radius 1 is 1.02 bits per heavy atom. The molecule has 1 N–H and O–H groups in total. The van der Waals surface area contributed by atoms with Crippen molar-refractivity contribution < 1.29 is 13.7 Å². The summed E-state index contributed by atoms with van der Waals surface area (Å²) < 4.78 is 24.0. The van der Waals surface area contributed by atoms with E-state index < -0.39 is 0 Å². The molecule has 1 aromatic heterocycles. The van der Waals surface area contributed by atoms with Gasteiger partial charge < -0.3 is 9.26 Å². The number of nitrogens with one attached hydrogen (secondary N) is 1. The maximum atomic E-state index is 12.6. The van der Waals surface area contributed by atoms with Gasteiger partial charge in [-0.2, -0.15) is 0 Å². The standard InChI is InChI=1S/C32H30Cl2FN3O2S/c33-23-8-12-27(29(34)18-23)28-4-1-3-21-17-22(31-36-32(41)40-37-31)7-11-26(21)30(28)20-5-9-24(10-6-20)39-25-13-16-38(19-25)15-2-14-35/h5-12,17-18,25H,1-4,13-16,19H2,(H,36,37,41)/t25-/m0/s1. The van der Waals surface area contributed by atoms with Crippen molar-refractivity contribution in [2.75, 3.05) is 26.3 Å². The monoisotopic (exact) mass is 609 g/mol. The summed E-state index contributed by atoms with van der Waals surface area (Å²) in [6, 6.07) is 20.4. The van der Waals surface area contributed by atoms with Crippen molar-refractivity contribution in [3.05, 3.63) is 97.8 Å². The number of hydrogen-bond donors (Lipinski definition) is 1. The van der Waals surface area contributed by atoms with Crippen molar-refractivity contribution >= 4 is 46.6 Å². The summed E-state index contributed by atoms with van der Waals surface area (Å²) >= 11 is 18.1. The molecule has 4 aromatic rings. The molecule has 3 aromatic carbocycles. The molecule has 9 heteroatoms. The minimum atomic E-state index is -0.277. The lowest BCUT2D eigenvalue weighted by molar-refractivity contribution is 0.198. The molecular weight excluding hydrogens is 580 g/mol. The topological polar surface area (TPSA) is 54.3 Å². The van der Waals surface area contributed by atoms with E-state index in [0.29, 0.717) is 22.3 Å². The first kappa shape index (κ1) is 28.2. The molecule has 1 aliphatic heterocycles. The number of H-pyrrole nitrogens is 1. The molecular formula is C32H30Cl2FN3O2S. The van der Waals surface area contributed by atoms with Crippen LogP contribution < -0.4 is 4.74 Å². The van der Waals surface area contributed by atoms with E-state index in [1.807, 2.05) is 30.3 Å². The fourth-order valence-corrected chi connectivity index (χ4v) is 6.55. The van der Waals surface area contributed by atoms with Crippen molar-refractivity contribution in [3.8, 4) is 17.1 Å². The zero-order chi connectivity index (χ0) is 28.3. The SMILES string of the molecule is FCCCN1CC[C@H](Oc2ccc(C3=C(c4ccc(Cl)cc4Cl)CCCc4cc(-c5noc(=S)[nH]5)ccc43)cc2)C1. The van der Waals surface area contributed by atoms with Gasteiger partial charge in [-0.05, 0) is 108 Å². The number of benzene rings is 3. The van der Waals surface area contributed by atoms with Crippen LogP contribution in [0.15, 0.2) is 65.2 Å². The number of alkyl halides is 1. The van der Waals surface area contributed by atoms with Gasteiger partial charge in [0.2, 0.25) is 0 Å². The molecule has 0 amide bonds. The molecule has 0 bridgehead atoms. The number of rotatable bonds is 8. The Morgan fingerprint density at radius 3 is 2.59 bits per heavy atom. The quantitative estimate of drug-likeness (QED) is 0.202. The van der Waals surface area contributed by atoms with Gasteiger partial charge in [0, 0.05) is 35.2 Å². The Bertz CT molecular complexity index is 1630. The van der Waals surface area contributed by atoms with Gasteiger partial charge in [-0.3, -0.25) is 14.3 Å². The number of allylic oxidation sites excluding steroid dienone is 1. The second-order valence-corrected chi connectivity index (χ2v) is 11.8. The van der Waals surface area contributed by atoms with Gasteiger partial charge >= 0.3 is 0 Å². The highest BCUT2D eigenvalue weighted by molar-refractivity contribution is 7.71. The summed E-state index contributed by atoms with van der Waals surface area (Å²) in [5.74, 6) is 1.45. The highest BCUT2D eigenvalue weighted by Gasteiger charge is 2.25. The van der Waals surface area contributed by atoms with Crippen LogP contribution in [-0.4, -0.2) is 47.5 Å². The summed E-state index contributed by atoms with van der Waals surface area (Å²) in [6.07, 6.45) is 4.37. The Labute approximate surface area is 253 Å². The van der Waals surface area contributed by atoms with Crippen LogP contribution in [0.5, 0.6) is 5.75 Å². The molecule has 41 heavy (non-hydrogen) atoms. The van der Waals surface area contributed by atoms with Gasteiger partial charge in [0.15, 0.2) is 5.82 Å². The first-order chi connectivity index (χ1) is 20.0. The lowest BCUT2D eigenvalue weighted by Crippen LogP contribution is -2.26. The molecule has 5 nitrogen and oxygen atoms in total. The van der Waals surface area contributed by atoms with E-state index in [2.05, 4.69) is 39.3 Å². The smallest absolute Gasteiger partial charge is 0.295 e. The maximum Gasteiger partial charge on any atom is 0.295 e. The molecule has 0 saturated carbocycles. The third-order valence-corrected chi connectivity index (χ3v) is 8.53. The van der Waals surface area contributed by atoms with Gasteiger partial charge in [-0.15, -0.1) is 0 Å². The molecule has 1 fully saturated rings. The first-order valence-corrected chi connectivity index (χ1v) is 15.1. The lowest BCUT2D eigenvalue weighted by atomic mass is 9.87. The number of halogens is 3. The highest BCUT2D eigenvalue weighted by atomic mass is 35.5. The average molecular weight is 611 g/mol. The van der Waals surface area contributed by atoms with Crippen LogP contribution in [0.4, 0.5) is 4.39 Å². The molecule has 1 aliphatic carbocycles. The molecule has 1 atom stereocenters. The van der Waals surface area contributed by atoms with Crippen LogP contribution in [-0.2, 0) is 6.42 Å². The van der Waals surface area contributed by atoms with Crippen LogP contribution in [0.3, 0.4) is 0 Å². The zero-order valence-corrected chi connectivity index (χ0v) is 24.8. The third-order valence-electron chi connectivity index (χ3n) is 7.80. The van der Waals surface area contributed by atoms with E-state index in [0.717, 1.165) is 78.9 Å². The summed E-state index contributed by atoms with van der Waals surface area (Å²) in [6.45, 7) is 2.28. The fourth-order valence-electron chi connectivity index (χ4n) is 5.89. The van der Waals surface area contributed by atoms with Gasteiger partial charge in [0.1, 0.15) is 11.9 Å². The lowest BCUT2D eigenvalue weighted by Gasteiger charge is -2.19. The summed E-state index contributed by atoms with van der Waals surface area (Å²) in [4.78, 5) is 5.54. The van der Waals surface area contributed by atoms with Crippen LogP contribution in [0.2, 0.25) is 10.0 Å². The third kappa shape index (κ3) is 6.28. The van der Waals surface area contributed by atoms with Gasteiger partial charge in [0.05, 0.1) is 6.67 Å². The van der Waals surface area contributed by atoms with Crippen LogP contribution >= 0.6 is 35.4 Å². The normalized spacial score (nSPS) is 17.5.